The number of rotatable bonds is 6. The minimum Gasteiger partial charge on any atom is -0.339 e. The van der Waals surface area contributed by atoms with Gasteiger partial charge in [-0.3, -0.25) is 4.79 Å². The smallest absolute Gasteiger partial charge is 0.222 e. The molecule has 0 saturated heterocycles. The van der Waals surface area contributed by atoms with Crippen molar-refractivity contribution in [1.82, 2.24) is 4.90 Å². The van der Waals surface area contributed by atoms with Crippen LogP contribution in [0.25, 0.3) is 0 Å². The van der Waals surface area contributed by atoms with Crippen LogP contribution in [0, 0.1) is 5.92 Å². The van der Waals surface area contributed by atoms with Gasteiger partial charge in [-0.05, 0) is 31.7 Å². The Kier molecular flexibility index (Phi) is 4.39. The van der Waals surface area contributed by atoms with Crippen LogP contribution in [0.3, 0.4) is 0 Å². The summed E-state index contributed by atoms with van der Waals surface area (Å²) >= 11 is 0. The van der Waals surface area contributed by atoms with Gasteiger partial charge in [0.25, 0.3) is 0 Å². The number of carbonyl (C=O) groups is 1. The Labute approximate surface area is 86.6 Å². The van der Waals surface area contributed by atoms with Gasteiger partial charge in [-0.2, -0.15) is 0 Å². The Morgan fingerprint density at radius 2 is 2.14 bits per heavy atom. The molecule has 0 radical (unpaired) electrons. The molecular weight excluding hydrogens is 176 g/mol. The van der Waals surface area contributed by atoms with E-state index in [0.717, 1.165) is 13.0 Å². The van der Waals surface area contributed by atoms with E-state index in [-0.39, 0.29) is 0 Å². The molecule has 82 valence electrons. The molecule has 3 nitrogen and oxygen atoms in total. The number of hydrogen-bond acceptors (Lipinski definition) is 2. The van der Waals surface area contributed by atoms with E-state index in [9.17, 15) is 4.79 Å². The molecule has 1 rings (SSSR count). The van der Waals surface area contributed by atoms with Gasteiger partial charge in [0, 0.05) is 19.0 Å². The van der Waals surface area contributed by atoms with E-state index in [1.807, 2.05) is 0 Å². The predicted molar refractivity (Wildman–Crippen MR) is 57.9 cm³/mol. The van der Waals surface area contributed by atoms with Crippen LogP contribution in [0.2, 0.25) is 0 Å². The summed E-state index contributed by atoms with van der Waals surface area (Å²) < 4.78 is 0. The summed E-state index contributed by atoms with van der Waals surface area (Å²) in [5.74, 6) is 0.865. The van der Waals surface area contributed by atoms with Crippen molar-refractivity contribution in [2.24, 2.45) is 11.7 Å². The molecule has 0 aromatic rings. The summed E-state index contributed by atoms with van der Waals surface area (Å²) in [5.41, 5.74) is 5.40. The minimum absolute atomic E-state index is 0.298. The Bertz CT molecular complexity index is 188. The quantitative estimate of drug-likeness (QED) is 0.700. The Balaban J connectivity index is 2.36. The van der Waals surface area contributed by atoms with Crippen LogP contribution >= 0.6 is 0 Å². The van der Waals surface area contributed by atoms with Gasteiger partial charge in [-0.1, -0.05) is 13.8 Å². The molecule has 1 amide bonds. The number of nitrogens with two attached hydrogens (primary N) is 1. The van der Waals surface area contributed by atoms with Crippen molar-refractivity contribution >= 4 is 5.91 Å². The summed E-state index contributed by atoms with van der Waals surface area (Å²) in [5, 5.41) is 0. The molecule has 1 aliphatic carbocycles. The maximum Gasteiger partial charge on any atom is 0.222 e. The SMILES string of the molecule is CC(C)CN(C(=O)CCCN)C1CC1. The van der Waals surface area contributed by atoms with Crippen molar-refractivity contribution in [3.8, 4) is 0 Å². The van der Waals surface area contributed by atoms with Gasteiger partial charge in [0.2, 0.25) is 5.91 Å². The van der Waals surface area contributed by atoms with Crippen molar-refractivity contribution in [3.63, 3.8) is 0 Å². The Hall–Kier alpha value is -0.570. The molecule has 1 saturated carbocycles. The second kappa shape index (κ2) is 5.35. The van der Waals surface area contributed by atoms with Crippen LogP contribution in [-0.4, -0.2) is 29.9 Å². The molecule has 0 bridgehead atoms. The van der Waals surface area contributed by atoms with Crippen LogP contribution in [0.15, 0.2) is 0 Å². The van der Waals surface area contributed by atoms with Gasteiger partial charge in [-0.15, -0.1) is 0 Å². The molecule has 1 fully saturated rings. The van der Waals surface area contributed by atoms with Gasteiger partial charge < -0.3 is 10.6 Å². The first kappa shape index (κ1) is 11.5. The molecular formula is C11H22N2O. The lowest BCUT2D eigenvalue weighted by atomic mass is 10.2. The minimum atomic E-state index is 0.298. The molecule has 3 heteroatoms. The zero-order chi connectivity index (χ0) is 10.6. The molecule has 0 atom stereocenters. The largest absolute Gasteiger partial charge is 0.339 e. The molecule has 0 aromatic heterocycles. The fourth-order valence-corrected chi connectivity index (χ4v) is 1.63. The van der Waals surface area contributed by atoms with Crippen LogP contribution < -0.4 is 5.73 Å². The van der Waals surface area contributed by atoms with Crippen molar-refractivity contribution in [2.45, 2.75) is 45.6 Å². The van der Waals surface area contributed by atoms with Gasteiger partial charge in [-0.25, -0.2) is 0 Å². The zero-order valence-electron chi connectivity index (χ0n) is 9.33. The topological polar surface area (TPSA) is 46.3 Å². The first-order valence-electron chi connectivity index (χ1n) is 5.64. The van der Waals surface area contributed by atoms with Crippen LogP contribution in [0.4, 0.5) is 0 Å². The van der Waals surface area contributed by atoms with Gasteiger partial charge >= 0.3 is 0 Å². The second-order valence-electron chi connectivity index (χ2n) is 4.56. The van der Waals surface area contributed by atoms with Gasteiger partial charge in [0.1, 0.15) is 0 Å². The highest BCUT2D eigenvalue weighted by Crippen LogP contribution is 2.28. The Morgan fingerprint density at radius 3 is 2.57 bits per heavy atom. The van der Waals surface area contributed by atoms with Crippen molar-refractivity contribution in [1.29, 1.82) is 0 Å². The third-order valence-electron chi connectivity index (χ3n) is 2.46. The van der Waals surface area contributed by atoms with Crippen LogP contribution in [0.1, 0.15) is 39.5 Å². The average Bonchev–Trinajstić information content (AvgIpc) is 2.93. The third kappa shape index (κ3) is 3.66. The van der Waals surface area contributed by atoms with Crippen molar-refractivity contribution < 1.29 is 4.79 Å². The predicted octanol–water partition coefficient (Wildman–Crippen LogP) is 1.37. The highest BCUT2D eigenvalue weighted by atomic mass is 16.2. The summed E-state index contributed by atoms with van der Waals surface area (Å²) in [7, 11) is 0. The van der Waals surface area contributed by atoms with E-state index in [1.165, 1.54) is 12.8 Å². The zero-order valence-corrected chi connectivity index (χ0v) is 9.33. The molecule has 2 N–H and O–H groups in total. The first-order chi connectivity index (χ1) is 6.65. The summed E-state index contributed by atoms with van der Waals surface area (Å²) in [4.78, 5) is 13.8. The first-order valence-corrected chi connectivity index (χ1v) is 5.64. The average molecular weight is 198 g/mol. The van der Waals surface area contributed by atoms with Gasteiger partial charge in [0.15, 0.2) is 0 Å². The molecule has 0 aromatic carbocycles. The third-order valence-corrected chi connectivity index (χ3v) is 2.46. The lowest BCUT2D eigenvalue weighted by molar-refractivity contribution is -0.132. The van der Waals surface area contributed by atoms with E-state index < -0.39 is 0 Å². The van der Waals surface area contributed by atoms with Crippen LogP contribution in [-0.2, 0) is 4.79 Å². The lowest BCUT2D eigenvalue weighted by Crippen LogP contribution is -2.36. The molecule has 1 aliphatic rings. The number of hydrogen-bond donors (Lipinski definition) is 1. The summed E-state index contributed by atoms with van der Waals surface area (Å²) in [6.45, 7) is 5.84. The second-order valence-corrected chi connectivity index (χ2v) is 4.56. The van der Waals surface area contributed by atoms with E-state index >= 15 is 0 Å². The monoisotopic (exact) mass is 198 g/mol. The molecule has 14 heavy (non-hydrogen) atoms. The van der Waals surface area contributed by atoms with E-state index in [0.29, 0.717) is 30.8 Å². The fourth-order valence-electron chi connectivity index (χ4n) is 1.63. The maximum atomic E-state index is 11.8. The highest BCUT2D eigenvalue weighted by molar-refractivity contribution is 5.76. The Morgan fingerprint density at radius 1 is 1.50 bits per heavy atom. The van der Waals surface area contributed by atoms with E-state index in [1.54, 1.807) is 0 Å². The standard InChI is InChI=1S/C11H22N2O/c1-9(2)8-13(10-5-6-10)11(14)4-3-7-12/h9-10H,3-8,12H2,1-2H3. The lowest BCUT2D eigenvalue weighted by Gasteiger charge is -2.24. The summed E-state index contributed by atoms with van der Waals surface area (Å²) in [6.07, 6.45) is 3.84. The number of amides is 1. The van der Waals surface area contributed by atoms with Crippen molar-refractivity contribution in [2.75, 3.05) is 13.1 Å². The van der Waals surface area contributed by atoms with Crippen molar-refractivity contribution in [3.05, 3.63) is 0 Å². The number of nitrogens with zero attached hydrogens (tertiary/aromatic N) is 1. The molecule has 0 unspecified atom stereocenters. The normalized spacial score (nSPS) is 16.0. The fraction of sp³-hybridized carbons (Fsp3) is 0.909. The van der Waals surface area contributed by atoms with Gasteiger partial charge in [0.05, 0.1) is 0 Å². The van der Waals surface area contributed by atoms with Crippen LogP contribution in [0.5, 0.6) is 0 Å². The summed E-state index contributed by atoms with van der Waals surface area (Å²) in [6, 6.07) is 0.544. The van der Waals surface area contributed by atoms with E-state index in [2.05, 4.69) is 18.7 Å². The molecule has 0 heterocycles. The highest BCUT2D eigenvalue weighted by Gasteiger charge is 2.32. The van der Waals surface area contributed by atoms with E-state index in [4.69, 9.17) is 5.73 Å². The molecule has 0 aliphatic heterocycles. The maximum absolute atomic E-state index is 11.8. The number of carbonyl (C=O) groups excluding carboxylic acids is 1. The molecule has 0 spiro atoms.